The first-order valence-electron chi connectivity index (χ1n) is 14.2. The summed E-state index contributed by atoms with van der Waals surface area (Å²) < 4.78 is 35.2. The highest BCUT2D eigenvalue weighted by atomic mass is 19.1. The second-order valence-corrected chi connectivity index (χ2v) is 12.8. The number of ether oxygens (including phenoxy) is 1. The average Bonchev–Trinajstić information content (AvgIpc) is 2.91. The number of piperidine rings is 1. The molecule has 2 aromatic heterocycles. The van der Waals surface area contributed by atoms with Crippen molar-refractivity contribution in [2.45, 2.75) is 77.1 Å². The van der Waals surface area contributed by atoms with E-state index in [0.29, 0.717) is 17.0 Å². The number of fused-ring (bicyclic) bond motifs is 1. The van der Waals surface area contributed by atoms with Crippen molar-refractivity contribution in [2.75, 3.05) is 35.8 Å². The number of hydrogen-bond acceptors (Lipinski definition) is 8. The Bertz CT molecular complexity index is 1460. The van der Waals surface area contributed by atoms with Crippen LogP contribution in [-0.2, 0) is 4.79 Å². The second kappa shape index (κ2) is 10.8. The Kier molecular flexibility index (Phi) is 7.59. The van der Waals surface area contributed by atoms with Gasteiger partial charge in [0.2, 0.25) is 5.95 Å². The van der Waals surface area contributed by atoms with Gasteiger partial charge in [0.05, 0.1) is 18.4 Å². The highest BCUT2D eigenvalue weighted by Gasteiger charge is 2.44. The Morgan fingerprint density at radius 1 is 1.05 bits per heavy atom. The molecule has 42 heavy (non-hydrogen) atoms. The Hall–Kier alpha value is -3.86. The van der Waals surface area contributed by atoms with Gasteiger partial charge >= 0.3 is 0 Å². The van der Waals surface area contributed by atoms with Gasteiger partial charge < -0.3 is 15.4 Å². The van der Waals surface area contributed by atoms with Crippen LogP contribution in [0.4, 0.5) is 32.1 Å². The van der Waals surface area contributed by atoms with Crippen LogP contribution in [-0.4, -0.2) is 68.7 Å². The van der Waals surface area contributed by atoms with Crippen LogP contribution in [0.2, 0.25) is 0 Å². The van der Waals surface area contributed by atoms with Gasteiger partial charge in [0.15, 0.2) is 28.8 Å². The molecule has 1 aromatic carbocycles. The van der Waals surface area contributed by atoms with Crippen molar-refractivity contribution in [3.8, 4) is 17.0 Å². The molecule has 0 bridgehead atoms. The molecule has 0 radical (unpaired) electrons. The van der Waals surface area contributed by atoms with Crippen molar-refractivity contribution in [2.24, 2.45) is 0 Å². The van der Waals surface area contributed by atoms with Crippen LogP contribution in [0.1, 0.15) is 54.4 Å². The van der Waals surface area contributed by atoms with E-state index in [0.717, 1.165) is 12.8 Å². The maximum atomic E-state index is 16.0. The Morgan fingerprint density at radius 2 is 1.71 bits per heavy atom. The van der Waals surface area contributed by atoms with Gasteiger partial charge in [-0.25, -0.2) is 18.7 Å². The predicted molar refractivity (Wildman–Crippen MR) is 161 cm³/mol. The smallest absolute Gasteiger partial charge is 0.271 e. The van der Waals surface area contributed by atoms with Crippen molar-refractivity contribution in [1.29, 1.82) is 0 Å². The van der Waals surface area contributed by atoms with Gasteiger partial charge in [0.25, 0.3) is 5.91 Å². The molecule has 224 valence electrons. The van der Waals surface area contributed by atoms with Crippen LogP contribution in [0, 0.1) is 5.82 Å². The minimum atomic E-state index is -1.19. The molecular formula is C31H39F2N7O2. The van der Waals surface area contributed by atoms with Crippen LogP contribution >= 0.6 is 0 Å². The fourth-order valence-corrected chi connectivity index (χ4v) is 6.00. The fraction of sp³-hybridized carbons (Fsp3) is 0.484. The maximum Gasteiger partial charge on any atom is 0.271 e. The molecule has 11 heteroatoms. The number of nitrogens with one attached hydrogen (secondary N) is 2. The summed E-state index contributed by atoms with van der Waals surface area (Å²) in [5, 5.41) is 6.53. The number of benzene rings is 1. The number of nitrogens with zero attached hydrogens (tertiary/aromatic N) is 5. The minimum Gasteiger partial charge on any atom is -0.474 e. The molecule has 0 atom stereocenters. The van der Waals surface area contributed by atoms with E-state index in [-0.39, 0.29) is 52.8 Å². The number of anilines is 4. The third-order valence-corrected chi connectivity index (χ3v) is 8.33. The summed E-state index contributed by atoms with van der Waals surface area (Å²) in [6.45, 7) is 11.2. The van der Waals surface area contributed by atoms with E-state index in [1.165, 1.54) is 11.1 Å². The molecule has 4 heterocycles. The van der Waals surface area contributed by atoms with E-state index in [4.69, 9.17) is 4.74 Å². The van der Waals surface area contributed by atoms with Crippen LogP contribution in [0.5, 0.6) is 5.75 Å². The summed E-state index contributed by atoms with van der Waals surface area (Å²) in [5.41, 5.74) is -0.163. The molecule has 1 saturated heterocycles. The lowest BCUT2D eigenvalue weighted by Crippen LogP contribution is -2.61. The first-order chi connectivity index (χ1) is 19.7. The molecule has 0 spiro atoms. The van der Waals surface area contributed by atoms with Crippen LogP contribution in [0.25, 0.3) is 11.3 Å². The summed E-state index contributed by atoms with van der Waals surface area (Å²) in [4.78, 5) is 29.9. The van der Waals surface area contributed by atoms with Crippen LogP contribution < -0.4 is 20.3 Å². The van der Waals surface area contributed by atoms with Crippen molar-refractivity contribution in [3.63, 3.8) is 0 Å². The van der Waals surface area contributed by atoms with E-state index in [2.05, 4.69) is 65.2 Å². The molecule has 1 amide bonds. The van der Waals surface area contributed by atoms with E-state index < -0.39 is 18.1 Å². The van der Waals surface area contributed by atoms with Gasteiger partial charge in [-0.2, -0.15) is 4.98 Å². The predicted octanol–water partition coefficient (Wildman–Crippen LogP) is 5.96. The number of alkyl halides is 1. The number of pyridine rings is 1. The van der Waals surface area contributed by atoms with Gasteiger partial charge in [0, 0.05) is 28.7 Å². The number of aromatic nitrogens is 3. The lowest BCUT2D eigenvalue weighted by molar-refractivity contribution is -0.132. The monoisotopic (exact) mass is 579 g/mol. The normalized spacial score (nSPS) is 19.6. The second-order valence-electron chi connectivity index (χ2n) is 12.8. The van der Waals surface area contributed by atoms with E-state index in [1.54, 1.807) is 32.0 Å². The third-order valence-electron chi connectivity index (χ3n) is 8.33. The SMILES string of the molecule is CN1C(C)(C)CC(Nc2nc(Nc3cnc4c(c3)OC(C)(C)C(=O)N4CCF)nc(-c3ccccc3)c2F)CC1(C)C. The lowest BCUT2D eigenvalue weighted by atomic mass is 9.77. The number of amides is 1. The summed E-state index contributed by atoms with van der Waals surface area (Å²) >= 11 is 0. The van der Waals surface area contributed by atoms with Crippen molar-refractivity contribution >= 4 is 29.2 Å². The average molecular weight is 580 g/mol. The largest absolute Gasteiger partial charge is 0.474 e. The van der Waals surface area contributed by atoms with Gasteiger partial charge in [0.1, 0.15) is 12.4 Å². The van der Waals surface area contributed by atoms with E-state index in [9.17, 15) is 9.18 Å². The summed E-state index contributed by atoms with van der Waals surface area (Å²) in [7, 11) is 2.13. The number of hydrogen-bond donors (Lipinski definition) is 2. The summed E-state index contributed by atoms with van der Waals surface area (Å²) in [5.74, 6) is -0.0743. The van der Waals surface area contributed by atoms with Crippen LogP contribution in [0.15, 0.2) is 42.6 Å². The maximum absolute atomic E-state index is 16.0. The number of carbonyl (C=O) groups excluding carboxylic acids is 1. The van der Waals surface area contributed by atoms with Crippen molar-refractivity contribution in [1.82, 2.24) is 19.9 Å². The van der Waals surface area contributed by atoms with Gasteiger partial charge in [-0.1, -0.05) is 30.3 Å². The van der Waals surface area contributed by atoms with E-state index in [1.807, 2.05) is 18.2 Å². The Balaban J connectivity index is 1.51. The number of halogens is 2. The van der Waals surface area contributed by atoms with E-state index >= 15 is 4.39 Å². The quantitative estimate of drug-likeness (QED) is 0.354. The molecule has 0 unspecified atom stereocenters. The van der Waals surface area contributed by atoms with Crippen molar-refractivity contribution < 1.29 is 18.3 Å². The first kappa shape index (κ1) is 29.6. The highest BCUT2D eigenvalue weighted by Crippen LogP contribution is 2.40. The zero-order valence-electron chi connectivity index (χ0n) is 25.3. The standard InChI is InChI=1S/C31H39F2N7O2/c1-29(2)16-21(17-30(3,4)39(29)7)35-25-23(33)24(19-11-9-8-10-12-19)37-28(38-25)36-20-15-22-26(34-18-20)40(14-13-32)27(41)31(5,6)42-22/h8-12,15,18,21H,13-14,16-17H2,1-7H3,(H2,35,36,37,38). The molecule has 2 N–H and O–H groups in total. The van der Waals surface area contributed by atoms with Crippen LogP contribution in [0.3, 0.4) is 0 Å². The number of rotatable bonds is 7. The topological polar surface area (TPSA) is 95.5 Å². The van der Waals surface area contributed by atoms with Crippen molar-refractivity contribution in [3.05, 3.63) is 48.4 Å². The van der Waals surface area contributed by atoms with Gasteiger partial charge in [-0.05, 0) is 61.4 Å². The first-order valence-corrected chi connectivity index (χ1v) is 14.2. The Morgan fingerprint density at radius 3 is 2.36 bits per heavy atom. The minimum absolute atomic E-state index is 0.0212. The highest BCUT2D eigenvalue weighted by molar-refractivity contribution is 6.01. The van der Waals surface area contributed by atoms with Gasteiger partial charge in [-0.3, -0.25) is 14.6 Å². The third kappa shape index (κ3) is 5.62. The Labute approximate surface area is 245 Å². The zero-order valence-corrected chi connectivity index (χ0v) is 25.3. The number of likely N-dealkylation sites (tertiary alicyclic amines) is 1. The molecule has 1 fully saturated rings. The summed E-state index contributed by atoms with van der Waals surface area (Å²) in [6.07, 6.45) is 3.09. The molecule has 3 aromatic rings. The fourth-order valence-electron chi connectivity index (χ4n) is 6.00. The molecule has 9 nitrogen and oxygen atoms in total. The molecule has 0 aliphatic carbocycles. The summed E-state index contributed by atoms with van der Waals surface area (Å²) in [6, 6.07) is 10.8. The molecule has 5 rings (SSSR count). The zero-order chi connectivity index (χ0) is 30.4. The van der Waals surface area contributed by atoms with Gasteiger partial charge in [-0.15, -0.1) is 0 Å². The molecular weight excluding hydrogens is 540 g/mol. The molecule has 0 saturated carbocycles. The molecule has 2 aliphatic heterocycles. The number of carbonyl (C=O) groups is 1. The lowest BCUT2D eigenvalue weighted by Gasteiger charge is -2.53. The molecule has 2 aliphatic rings.